The molecule has 6 nitrogen and oxygen atoms in total. The molecule has 1 amide bonds. The van der Waals surface area contributed by atoms with Gasteiger partial charge in [-0.05, 0) is 13.3 Å². The summed E-state index contributed by atoms with van der Waals surface area (Å²) in [6, 6.07) is 0.140. The summed E-state index contributed by atoms with van der Waals surface area (Å²) in [6.07, 6.45) is 0.632. The smallest absolute Gasteiger partial charge is 0.238 e. The Bertz CT molecular complexity index is 396. The highest BCUT2D eigenvalue weighted by Gasteiger charge is 2.32. The Balaban J connectivity index is 1.97. The molecule has 0 aromatic carbocycles. The van der Waals surface area contributed by atoms with E-state index in [0.717, 1.165) is 13.1 Å². The summed E-state index contributed by atoms with van der Waals surface area (Å²) in [5.74, 6) is 0.0988. The van der Waals surface area contributed by atoms with Crippen molar-refractivity contribution in [3.8, 4) is 0 Å². The number of nitrogens with one attached hydrogen (secondary N) is 1. The first-order chi connectivity index (χ1) is 8.00. The molecule has 0 aliphatic carbocycles. The van der Waals surface area contributed by atoms with Crippen molar-refractivity contribution in [2.75, 3.05) is 38.5 Å². The van der Waals surface area contributed by atoms with Crippen LogP contribution in [-0.2, 0) is 14.8 Å². The maximum Gasteiger partial charge on any atom is 0.238 e. The zero-order valence-corrected chi connectivity index (χ0v) is 10.9. The average Bonchev–Trinajstić information content (AvgIpc) is 2.59. The van der Waals surface area contributed by atoms with Gasteiger partial charge in [0.05, 0.1) is 12.3 Å². The largest absolute Gasteiger partial charge is 0.336 e. The van der Waals surface area contributed by atoms with Crippen molar-refractivity contribution in [2.45, 2.75) is 19.4 Å². The second-order valence-corrected chi connectivity index (χ2v) is 6.73. The molecule has 0 saturated carbocycles. The minimum Gasteiger partial charge on any atom is -0.336 e. The zero-order chi connectivity index (χ0) is 12.5. The van der Waals surface area contributed by atoms with Crippen LogP contribution in [0.3, 0.4) is 0 Å². The van der Waals surface area contributed by atoms with Crippen LogP contribution in [0.4, 0.5) is 0 Å². The third-order valence-corrected chi connectivity index (χ3v) is 5.24. The quantitative estimate of drug-likeness (QED) is 0.681. The van der Waals surface area contributed by atoms with E-state index < -0.39 is 10.0 Å². The fourth-order valence-electron chi connectivity index (χ4n) is 2.32. The number of carbonyl (C=O) groups excluding carboxylic acids is 1. The second kappa shape index (κ2) is 4.91. The number of nitrogens with zero attached hydrogens (tertiary/aromatic N) is 2. The first kappa shape index (κ1) is 12.8. The van der Waals surface area contributed by atoms with Gasteiger partial charge in [0, 0.05) is 32.2 Å². The minimum atomic E-state index is -3.17. The summed E-state index contributed by atoms with van der Waals surface area (Å²) in [4.78, 5) is 13.8. The van der Waals surface area contributed by atoms with Gasteiger partial charge in [-0.25, -0.2) is 8.42 Å². The lowest BCUT2D eigenvalue weighted by molar-refractivity contribution is -0.134. The number of hydrogen-bond donors (Lipinski definition) is 1. The third kappa shape index (κ3) is 2.78. The number of piperazine rings is 1. The van der Waals surface area contributed by atoms with Gasteiger partial charge in [0.2, 0.25) is 15.9 Å². The van der Waals surface area contributed by atoms with Crippen molar-refractivity contribution in [3.05, 3.63) is 0 Å². The molecule has 1 N–H and O–H groups in total. The lowest BCUT2D eigenvalue weighted by Crippen LogP contribution is -2.54. The molecule has 2 rings (SSSR count). The number of sulfonamides is 1. The predicted molar refractivity (Wildman–Crippen MR) is 64.0 cm³/mol. The van der Waals surface area contributed by atoms with Crippen LogP contribution in [0.25, 0.3) is 0 Å². The maximum absolute atomic E-state index is 12.0. The van der Waals surface area contributed by atoms with E-state index in [1.165, 1.54) is 4.31 Å². The monoisotopic (exact) mass is 261 g/mol. The normalized spacial score (nSPS) is 29.5. The Hall–Kier alpha value is -0.660. The van der Waals surface area contributed by atoms with E-state index in [4.69, 9.17) is 0 Å². The molecule has 98 valence electrons. The number of rotatable bonds is 2. The standard InChI is InChI=1S/C10H19N3O3S/c1-9-7-11-3-5-13(9)10(14)8-12-4-2-6-17(12,15)16/h9,11H,2-8H2,1H3/t9-/m0/s1. The molecule has 1 atom stereocenters. The Labute approximate surface area is 102 Å². The molecule has 0 spiro atoms. The van der Waals surface area contributed by atoms with E-state index in [-0.39, 0.29) is 24.2 Å². The Morgan fingerprint density at radius 3 is 2.76 bits per heavy atom. The molecule has 2 fully saturated rings. The summed E-state index contributed by atoms with van der Waals surface area (Å²) in [5, 5.41) is 3.20. The van der Waals surface area contributed by atoms with Gasteiger partial charge in [0.15, 0.2) is 0 Å². The van der Waals surface area contributed by atoms with Gasteiger partial charge >= 0.3 is 0 Å². The van der Waals surface area contributed by atoms with Gasteiger partial charge in [0.25, 0.3) is 0 Å². The molecule has 0 unspecified atom stereocenters. The first-order valence-corrected chi connectivity index (χ1v) is 7.59. The lowest BCUT2D eigenvalue weighted by atomic mass is 10.2. The molecule has 0 aromatic rings. The predicted octanol–water partition coefficient (Wildman–Crippen LogP) is -1.16. The van der Waals surface area contributed by atoms with Crippen LogP contribution in [0.1, 0.15) is 13.3 Å². The van der Waals surface area contributed by atoms with Crippen LogP contribution in [0.15, 0.2) is 0 Å². The van der Waals surface area contributed by atoms with Crippen LogP contribution in [0, 0.1) is 0 Å². The summed E-state index contributed by atoms with van der Waals surface area (Å²) in [5.41, 5.74) is 0. The van der Waals surface area contributed by atoms with E-state index in [2.05, 4.69) is 5.32 Å². The van der Waals surface area contributed by atoms with E-state index >= 15 is 0 Å². The Morgan fingerprint density at radius 1 is 1.41 bits per heavy atom. The SMILES string of the molecule is C[C@H]1CNCCN1C(=O)CN1CCCS1(=O)=O. The van der Waals surface area contributed by atoms with Crippen LogP contribution in [0.5, 0.6) is 0 Å². The summed E-state index contributed by atoms with van der Waals surface area (Å²) in [7, 11) is -3.17. The van der Waals surface area contributed by atoms with Crippen molar-refractivity contribution in [1.82, 2.24) is 14.5 Å². The lowest BCUT2D eigenvalue weighted by Gasteiger charge is -2.34. The molecule has 7 heteroatoms. The van der Waals surface area contributed by atoms with Gasteiger partial charge in [-0.2, -0.15) is 4.31 Å². The molecule has 2 aliphatic rings. The van der Waals surface area contributed by atoms with Crippen LogP contribution >= 0.6 is 0 Å². The Morgan fingerprint density at radius 2 is 2.18 bits per heavy atom. The molecule has 2 aliphatic heterocycles. The van der Waals surface area contributed by atoms with E-state index in [0.29, 0.717) is 19.5 Å². The first-order valence-electron chi connectivity index (χ1n) is 5.99. The minimum absolute atomic E-state index is 0.00662. The van der Waals surface area contributed by atoms with Crippen molar-refractivity contribution >= 4 is 15.9 Å². The third-order valence-electron chi connectivity index (χ3n) is 3.34. The van der Waals surface area contributed by atoms with Crippen molar-refractivity contribution in [2.24, 2.45) is 0 Å². The van der Waals surface area contributed by atoms with Crippen molar-refractivity contribution < 1.29 is 13.2 Å². The van der Waals surface area contributed by atoms with E-state index in [1.807, 2.05) is 6.92 Å². The van der Waals surface area contributed by atoms with Crippen LogP contribution < -0.4 is 5.32 Å². The van der Waals surface area contributed by atoms with Gasteiger partial charge in [-0.15, -0.1) is 0 Å². The highest BCUT2D eigenvalue weighted by atomic mass is 32.2. The maximum atomic E-state index is 12.0. The molecule has 0 aromatic heterocycles. The van der Waals surface area contributed by atoms with Crippen LogP contribution in [0.2, 0.25) is 0 Å². The highest BCUT2D eigenvalue weighted by molar-refractivity contribution is 7.89. The Kier molecular flexibility index (Phi) is 3.70. The number of amides is 1. The molecular weight excluding hydrogens is 242 g/mol. The second-order valence-electron chi connectivity index (χ2n) is 4.64. The van der Waals surface area contributed by atoms with E-state index in [1.54, 1.807) is 4.90 Å². The zero-order valence-electron chi connectivity index (χ0n) is 10.1. The summed E-state index contributed by atoms with van der Waals surface area (Å²) >= 11 is 0. The molecule has 2 saturated heterocycles. The summed E-state index contributed by atoms with van der Waals surface area (Å²) < 4.78 is 24.5. The topological polar surface area (TPSA) is 69.7 Å². The van der Waals surface area contributed by atoms with Gasteiger partial charge < -0.3 is 10.2 Å². The molecule has 0 bridgehead atoms. The average molecular weight is 261 g/mol. The molecule has 0 radical (unpaired) electrons. The van der Waals surface area contributed by atoms with Crippen molar-refractivity contribution in [3.63, 3.8) is 0 Å². The fraction of sp³-hybridized carbons (Fsp3) is 0.900. The summed E-state index contributed by atoms with van der Waals surface area (Å²) in [6.45, 7) is 4.68. The van der Waals surface area contributed by atoms with Crippen LogP contribution in [-0.4, -0.2) is 68.0 Å². The molecule has 2 heterocycles. The number of hydrogen-bond acceptors (Lipinski definition) is 4. The highest BCUT2D eigenvalue weighted by Crippen LogP contribution is 2.14. The van der Waals surface area contributed by atoms with Gasteiger partial charge in [-0.1, -0.05) is 0 Å². The molecule has 17 heavy (non-hydrogen) atoms. The number of carbonyl (C=O) groups is 1. The van der Waals surface area contributed by atoms with Gasteiger partial charge in [0.1, 0.15) is 0 Å². The van der Waals surface area contributed by atoms with Crippen molar-refractivity contribution in [1.29, 1.82) is 0 Å². The van der Waals surface area contributed by atoms with Gasteiger partial charge in [-0.3, -0.25) is 4.79 Å². The molecular formula is C10H19N3O3S. The fourth-order valence-corrected chi connectivity index (χ4v) is 3.79. The van der Waals surface area contributed by atoms with E-state index in [9.17, 15) is 13.2 Å².